The van der Waals surface area contributed by atoms with Gasteiger partial charge in [0.1, 0.15) is 24.4 Å². The van der Waals surface area contributed by atoms with E-state index in [0.29, 0.717) is 0 Å². The van der Waals surface area contributed by atoms with Crippen molar-refractivity contribution < 1.29 is 29.7 Å². The largest absolute Gasteiger partial charge is 0.463 e. The number of nitrogens with zero attached hydrogens (tertiary/aromatic N) is 2. The number of aromatic nitrogens is 2. The van der Waals surface area contributed by atoms with Crippen molar-refractivity contribution in [1.82, 2.24) is 9.55 Å². The van der Waals surface area contributed by atoms with Gasteiger partial charge in [-0.05, 0) is 25.8 Å². The van der Waals surface area contributed by atoms with Crippen molar-refractivity contribution in [2.45, 2.75) is 43.8 Å². The van der Waals surface area contributed by atoms with Crippen LogP contribution in [0.3, 0.4) is 0 Å². The molecule has 2 fully saturated rings. The van der Waals surface area contributed by atoms with Gasteiger partial charge >= 0.3 is 11.7 Å². The number of anilines is 1. The van der Waals surface area contributed by atoms with E-state index in [4.69, 9.17) is 14.7 Å². The number of aliphatic hydroxyl groups excluding tert-OH is 1. The summed E-state index contributed by atoms with van der Waals surface area (Å²) in [7, 11) is 0. The zero-order valence-corrected chi connectivity index (χ0v) is 13.0. The molecule has 2 aliphatic rings. The molecular weight excluding hydrogens is 322 g/mol. The predicted octanol–water partition coefficient (Wildman–Crippen LogP) is -0.993. The Morgan fingerprint density at radius 1 is 1.58 bits per heavy atom. The zero-order valence-electron chi connectivity index (χ0n) is 13.0. The van der Waals surface area contributed by atoms with Crippen molar-refractivity contribution >= 4 is 11.8 Å². The monoisotopic (exact) mass is 341 g/mol. The van der Waals surface area contributed by atoms with Gasteiger partial charge in [-0.15, -0.1) is 0 Å². The number of hydrogen-bond donors (Lipinski definition) is 4. The fourth-order valence-corrected chi connectivity index (χ4v) is 2.55. The van der Waals surface area contributed by atoms with Crippen LogP contribution in [0.4, 0.5) is 5.82 Å². The topological polar surface area (TPSA) is 143 Å². The highest BCUT2D eigenvalue weighted by atomic mass is 16.6. The molecule has 4 atom stereocenters. The van der Waals surface area contributed by atoms with Crippen LogP contribution >= 0.6 is 0 Å². The van der Waals surface area contributed by atoms with Gasteiger partial charge in [-0.3, -0.25) is 20.0 Å². The number of ether oxygens (including phenoxy) is 2. The van der Waals surface area contributed by atoms with Gasteiger partial charge < -0.3 is 19.7 Å². The molecule has 132 valence electrons. The molecule has 1 aromatic heterocycles. The smallest absolute Gasteiger partial charge is 0.351 e. The second-order valence-electron chi connectivity index (χ2n) is 6.20. The maximum atomic E-state index is 12.0. The molecule has 2 heterocycles. The van der Waals surface area contributed by atoms with Crippen LogP contribution in [0, 0.1) is 5.92 Å². The summed E-state index contributed by atoms with van der Waals surface area (Å²) in [5.74, 6) is -0.516. The van der Waals surface area contributed by atoms with Crippen LogP contribution in [-0.2, 0) is 14.3 Å². The van der Waals surface area contributed by atoms with Gasteiger partial charge in [0.15, 0.2) is 12.0 Å². The Hall–Kier alpha value is -2.01. The summed E-state index contributed by atoms with van der Waals surface area (Å²) >= 11 is 0. The molecular formula is C14H19N3O7. The molecule has 1 aromatic rings. The maximum absolute atomic E-state index is 12.0. The minimum atomic E-state index is -1.72. The maximum Gasteiger partial charge on any atom is 0.351 e. The predicted molar refractivity (Wildman–Crippen MR) is 78.1 cm³/mol. The van der Waals surface area contributed by atoms with Gasteiger partial charge in [0, 0.05) is 6.20 Å². The first-order valence-corrected chi connectivity index (χ1v) is 7.56. The fraction of sp³-hybridized carbons (Fsp3) is 0.643. The van der Waals surface area contributed by atoms with Crippen molar-refractivity contribution in [3.8, 4) is 0 Å². The highest BCUT2D eigenvalue weighted by molar-refractivity contribution is 5.74. The van der Waals surface area contributed by atoms with Gasteiger partial charge in [0.2, 0.25) is 0 Å². The van der Waals surface area contributed by atoms with E-state index in [9.17, 15) is 19.8 Å². The first kappa shape index (κ1) is 16.8. The Morgan fingerprint density at radius 2 is 2.29 bits per heavy atom. The van der Waals surface area contributed by atoms with Crippen LogP contribution in [0.1, 0.15) is 26.0 Å². The SMILES string of the molecule is C[C@]1(O)C(O)[C@H](n2ccc(NO)nc2=O)O[C@@H]1COC(=O)C1CC1. The molecule has 4 N–H and O–H groups in total. The van der Waals surface area contributed by atoms with E-state index >= 15 is 0 Å². The molecule has 10 heteroatoms. The van der Waals surface area contributed by atoms with Gasteiger partial charge in [-0.2, -0.15) is 4.98 Å². The lowest BCUT2D eigenvalue weighted by atomic mass is 9.95. The second kappa shape index (κ2) is 6.13. The minimum Gasteiger partial charge on any atom is -0.463 e. The van der Waals surface area contributed by atoms with Crippen molar-refractivity contribution in [1.29, 1.82) is 0 Å². The third kappa shape index (κ3) is 3.00. The molecule has 0 amide bonds. The number of aliphatic hydroxyl groups is 2. The lowest BCUT2D eigenvalue weighted by Gasteiger charge is -2.26. The fourth-order valence-electron chi connectivity index (χ4n) is 2.55. The Bertz CT molecular complexity index is 685. The summed E-state index contributed by atoms with van der Waals surface area (Å²) in [5, 5.41) is 29.5. The van der Waals surface area contributed by atoms with Crippen LogP contribution in [0.2, 0.25) is 0 Å². The molecule has 0 aromatic carbocycles. The standard InChI is InChI=1S/C14H19N3O7/c1-14(21)8(6-23-12(19)7-2-3-7)24-11(10(14)18)17-5-4-9(16-22)15-13(17)20/h4-5,7-8,10-11,18,21-22H,2-3,6H2,1H3,(H,15,16,20)/t8-,10?,11-,14-/m1/s1. The summed E-state index contributed by atoms with van der Waals surface area (Å²) in [6.45, 7) is 1.11. The molecule has 1 aliphatic carbocycles. The van der Waals surface area contributed by atoms with Crippen LogP contribution in [0.15, 0.2) is 17.1 Å². The number of carbonyl (C=O) groups excluding carboxylic acids is 1. The Balaban J connectivity index is 1.75. The quantitative estimate of drug-likeness (QED) is 0.392. The number of rotatable bonds is 5. The highest BCUT2D eigenvalue weighted by Crippen LogP contribution is 2.37. The summed E-state index contributed by atoms with van der Waals surface area (Å²) in [6, 6.07) is 1.30. The van der Waals surface area contributed by atoms with E-state index in [2.05, 4.69) is 4.98 Å². The van der Waals surface area contributed by atoms with Crippen molar-refractivity contribution in [3.63, 3.8) is 0 Å². The molecule has 0 radical (unpaired) electrons. The average molecular weight is 341 g/mol. The molecule has 1 unspecified atom stereocenters. The molecule has 0 bridgehead atoms. The van der Waals surface area contributed by atoms with Crippen molar-refractivity contribution in [3.05, 3.63) is 22.7 Å². The first-order valence-electron chi connectivity index (χ1n) is 7.56. The lowest BCUT2D eigenvalue weighted by molar-refractivity contribution is -0.154. The van der Waals surface area contributed by atoms with Crippen LogP contribution in [0.5, 0.6) is 0 Å². The minimum absolute atomic E-state index is 0.0644. The number of esters is 1. The van der Waals surface area contributed by atoms with E-state index < -0.39 is 29.7 Å². The number of nitrogens with one attached hydrogen (secondary N) is 1. The summed E-state index contributed by atoms with van der Waals surface area (Å²) in [4.78, 5) is 27.1. The van der Waals surface area contributed by atoms with Gasteiger partial charge in [0.25, 0.3) is 0 Å². The first-order chi connectivity index (χ1) is 11.3. The van der Waals surface area contributed by atoms with Crippen molar-refractivity contribution in [2.75, 3.05) is 12.1 Å². The molecule has 24 heavy (non-hydrogen) atoms. The van der Waals surface area contributed by atoms with Crippen LogP contribution < -0.4 is 11.2 Å². The number of carbonyl (C=O) groups is 1. The van der Waals surface area contributed by atoms with Crippen LogP contribution in [0.25, 0.3) is 0 Å². The molecule has 10 nitrogen and oxygen atoms in total. The van der Waals surface area contributed by atoms with Crippen molar-refractivity contribution in [2.24, 2.45) is 5.92 Å². The van der Waals surface area contributed by atoms with E-state index in [-0.39, 0.29) is 24.3 Å². The Kier molecular flexibility index (Phi) is 4.30. The second-order valence-corrected chi connectivity index (χ2v) is 6.20. The normalized spacial score (nSPS) is 32.6. The highest BCUT2D eigenvalue weighted by Gasteiger charge is 2.53. The molecule has 1 saturated heterocycles. The molecule has 1 saturated carbocycles. The molecule has 1 aliphatic heterocycles. The third-order valence-corrected chi connectivity index (χ3v) is 4.33. The summed E-state index contributed by atoms with van der Waals surface area (Å²) < 4.78 is 11.6. The summed E-state index contributed by atoms with van der Waals surface area (Å²) in [6.07, 6.45) is -0.790. The van der Waals surface area contributed by atoms with E-state index in [0.717, 1.165) is 17.4 Å². The molecule has 3 rings (SSSR count). The Labute approximate surface area is 136 Å². The van der Waals surface area contributed by atoms with E-state index in [1.807, 2.05) is 0 Å². The summed E-state index contributed by atoms with van der Waals surface area (Å²) in [5.41, 5.74) is -0.771. The lowest BCUT2D eigenvalue weighted by Crippen LogP contribution is -2.47. The number of hydrogen-bond acceptors (Lipinski definition) is 9. The van der Waals surface area contributed by atoms with Gasteiger partial charge in [-0.1, -0.05) is 0 Å². The van der Waals surface area contributed by atoms with E-state index in [1.54, 1.807) is 5.48 Å². The zero-order chi connectivity index (χ0) is 17.5. The molecule has 0 spiro atoms. The van der Waals surface area contributed by atoms with Crippen LogP contribution in [-0.4, -0.2) is 55.4 Å². The third-order valence-electron chi connectivity index (χ3n) is 4.33. The Morgan fingerprint density at radius 3 is 2.88 bits per heavy atom. The van der Waals surface area contributed by atoms with Gasteiger partial charge in [-0.25, -0.2) is 4.79 Å². The van der Waals surface area contributed by atoms with E-state index in [1.165, 1.54) is 19.2 Å². The average Bonchev–Trinajstić information content (AvgIpc) is 3.36. The van der Waals surface area contributed by atoms with Gasteiger partial charge in [0.05, 0.1) is 5.92 Å².